The number of hydrogen-bond donors (Lipinski definition) is 1. The molecule has 1 N–H and O–H groups in total. The first-order valence-electron chi connectivity index (χ1n) is 10.00. The van der Waals surface area contributed by atoms with Crippen molar-refractivity contribution in [1.82, 2.24) is 9.97 Å². The summed E-state index contributed by atoms with van der Waals surface area (Å²) in [7, 11) is 0. The van der Waals surface area contributed by atoms with Gasteiger partial charge in [0.2, 0.25) is 0 Å². The fourth-order valence-corrected chi connectivity index (χ4v) is 4.37. The van der Waals surface area contributed by atoms with Crippen molar-refractivity contribution in [1.29, 1.82) is 0 Å². The van der Waals surface area contributed by atoms with E-state index >= 15 is 0 Å². The molecular formula is C26H20ClN3OS. The largest absolute Gasteiger partial charge is 0.306 e. The summed E-state index contributed by atoms with van der Waals surface area (Å²) in [6, 6.07) is 17.1. The van der Waals surface area contributed by atoms with Gasteiger partial charge in [-0.1, -0.05) is 47.7 Å². The zero-order valence-electron chi connectivity index (χ0n) is 17.9. The first-order valence-corrected chi connectivity index (χ1v) is 11.2. The van der Waals surface area contributed by atoms with Gasteiger partial charge in [-0.2, -0.15) is 0 Å². The van der Waals surface area contributed by atoms with Crippen LogP contribution in [0.1, 0.15) is 37.7 Å². The van der Waals surface area contributed by atoms with E-state index in [9.17, 15) is 4.79 Å². The van der Waals surface area contributed by atoms with Gasteiger partial charge in [0.05, 0.1) is 26.2 Å². The molecular weight excluding hydrogens is 438 g/mol. The predicted octanol–water partition coefficient (Wildman–Crippen LogP) is 6.44. The molecule has 158 valence electrons. The van der Waals surface area contributed by atoms with Gasteiger partial charge in [-0.15, -0.1) is 11.3 Å². The molecule has 1 amide bonds. The van der Waals surface area contributed by atoms with E-state index in [0.29, 0.717) is 16.4 Å². The molecule has 0 spiro atoms. The molecule has 4 rings (SSSR count). The second kappa shape index (κ2) is 9.35. The number of nitrogens with zero attached hydrogens (tertiary/aromatic N) is 2. The summed E-state index contributed by atoms with van der Waals surface area (Å²) in [5.41, 5.74) is 4.77. The number of hydrogen-bond acceptors (Lipinski definition) is 4. The van der Waals surface area contributed by atoms with Crippen molar-refractivity contribution in [2.45, 2.75) is 20.8 Å². The Labute approximate surface area is 196 Å². The lowest BCUT2D eigenvalue weighted by Crippen LogP contribution is -2.14. The van der Waals surface area contributed by atoms with E-state index in [1.54, 1.807) is 29.7 Å². The van der Waals surface area contributed by atoms with E-state index in [2.05, 4.69) is 27.1 Å². The molecule has 0 aliphatic rings. The van der Waals surface area contributed by atoms with Gasteiger partial charge < -0.3 is 5.32 Å². The van der Waals surface area contributed by atoms with Crippen LogP contribution >= 0.6 is 22.9 Å². The number of aryl methyl sites for hydroxylation is 3. The molecule has 2 aromatic carbocycles. The number of nitrogens with one attached hydrogen (secondary N) is 1. The maximum absolute atomic E-state index is 13.0. The van der Waals surface area contributed by atoms with E-state index in [1.165, 1.54) is 0 Å². The van der Waals surface area contributed by atoms with E-state index < -0.39 is 0 Å². The monoisotopic (exact) mass is 457 g/mol. The minimum atomic E-state index is -0.311. The molecule has 2 heterocycles. The van der Waals surface area contributed by atoms with Gasteiger partial charge in [-0.3, -0.25) is 4.79 Å². The Kier molecular flexibility index (Phi) is 6.36. The number of pyridine rings is 1. The van der Waals surface area contributed by atoms with Crippen molar-refractivity contribution in [2.75, 3.05) is 5.32 Å². The molecule has 4 aromatic rings. The fraction of sp³-hybridized carbons (Fsp3) is 0.115. The maximum Gasteiger partial charge on any atom is 0.258 e. The van der Waals surface area contributed by atoms with Gasteiger partial charge in [-0.05, 0) is 62.2 Å². The zero-order chi connectivity index (χ0) is 22.7. The molecule has 0 atom stereocenters. The molecule has 0 unspecified atom stereocenters. The number of aromatic nitrogens is 2. The molecule has 0 saturated carbocycles. The molecule has 0 fully saturated rings. The van der Waals surface area contributed by atoms with Gasteiger partial charge in [0, 0.05) is 17.3 Å². The predicted molar refractivity (Wildman–Crippen MR) is 131 cm³/mol. The molecule has 4 nitrogen and oxygen atoms in total. The second-order valence-corrected chi connectivity index (χ2v) is 8.91. The Morgan fingerprint density at radius 2 is 1.75 bits per heavy atom. The van der Waals surface area contributed by atoms with Gasteiger partial charge in [-0.25, -0.2) is 9.97 Å². The summed E-state index contributed by atoms with van der Waals surface area (Å²) >= 11 is 7.94. The highest BCUT2D eigenvalue weighted by atomic mass is 35.5. The number of amides is 1. The van der Waals surface area contributed by atoms with Crippen LogP contribution in [-0.2, 0) is 0 Å². The van der Waals surface area contributed by atoms with Crippen molar-refractivity contribution >= 4 is 34.7 Å². The van der Waals surface area contributed by atoms with E-state index in [-0.39, 0.29) is 5.91 Å². The molecule has 0 aliphatic heterocycles. The average molecular weight is 458 g/mol. The summed E-state index contributed by atoms with van der Waals surface area (Å²) in [5.74, 6) is 6.38. The second-order valence-electron chi connectivity index (χ2n) is 7.30. The average Bonchev–Trinajstić information content (AvgIpc) is 3.12. The molecule has 2 aromatic heterocycles. The van der Waals surface area contributed by atoms with Crippen molar-refractivity contribution in [3.8, 4) is 22.3 Å². The van der Waals surface area contributed by atoms with Crippen LogP contribution in [0.5, 0.6) is 0 Å². The molecule has 6 heteroatoms. The number of thiazole rings is 1. The summed E-state index contributed by atoms with van der Waals surface area (Å²) < 4.78 is 0. The highest BCUT2D eigenvalue weighted by Crippen LogP contribution is 2.32. The summed E-state index contributed by atoms with van der Waals surface area (Å²) in [5, 5.41) is 4.23. The van der Waals surface area contributed by atoms with E-state index in [0.717, 1.165) is 37.8 Å². The third-order valence-electron chi connectivity index (χ3n) is 4.81. The smallest absolute Gasteiger partial charge is 0.258 e. The molecule has 0 radical (unpaired) electrons. The Balaban J connectivity index is 1.56. The van der Waals surface area contributed by atoms with Gasteiger partial charge >= 0.3 is 0 Å². The van der Waals surface area contributed by atoms with Crippen molar-refractivity contribution in [2.24, 2.45) is 0 Å². The maximum atomic E-state index is 13.0. The van der Waals surface area contributed by atoms with Crippen LogP contribution in [0.2, 0.25) is 5.02 Å². The summed E-state index contributed by atoms with van der Waals surface area (Å²) in [6.07, 6.45) is 1.65. The van der Waals surface area contributed by atoms with Crippen LogP contribution in [0.4, 0.5) is 5.82 Å². The fourth-order valence-electron chi connectivity index (χ4n) is 3.25. The Hall–Kier alpha value is -3.46. The minimum Gasteiger partial charge on any atom is -0.306 e. The topological polar surface area (TPSA) is 54.9 Å². The molecule has 0 aliphatic carbocycles. The number of carbonyl (C=O) groups is 1. The standard InChI is InChI=1S/C26H20ClN3OS/c1-16-13-20(10-9-19-7-5-4-6-8-19)15-28-25(16)30-26(31)22-14-21(11-12-23(22)27)24-17(2)29-18(3)32-24/h4-8,11-15H,1-3H3,(H,28,30,31). The van der Waals surface area contributed by atoms with Gasteiger partial charge in [0.25, 0.3) is 5.91 Å². The molecule has 32 heavy (non-hydrogen) atoms. The SMILES string of the molecule is Cc1nc(C)c(-c2ccc(Cl)c(C(=O)Nc3ncc(C#Cc4ccccc4)cc3C)c2)s1. The Morgan fingerprint density at radius 1 is 1.00 bits per heavy atom. The van der Waals surface area contributed by atoms with Gasteiger partial charge in [0.1, 0.15) is 5.82 Å². The van der Waals surface area contributed by atoms with Crippen LogP contribution < -0.4 is 5.32 Å². The quantitative estimate of drug-likeness (QED) is 0.360. The van der Waals surface area contributed by atoms with Crippen LogP contribution in [0.15, 0.2) is 60.8 Å². The zero-order valence-corrected chi connectivity index (χ0v) is 19.4. The minimum absolute atomic E-state index is 0.311. The normalized spacial score (nSPS) is 10.4. The first-order chi connectivity index (χ1) is 15.4. The Bertz CT molecular complexity index is 1370. The number of halogens is 1. The number of benzene rings is 2. The summed E-state index contributed by atoms with van der Waals surface area (Å²) in [4.78, 5) is 22.9. The molecule has 0 bridgehead atoms. The molecule has 0 saturated heterocycles. The van der Waals surface area contributed by atoms with Crippen LogP contribution in [0.3, 0.4) is 0 Å². The number of carbonyl (C=O) groups excluding carboxylic acids is 1. The van der Waals surface area contributed by atoms with Gasteiger partial charge in [0.15, 0.2) is 0 Å². The highest BCUT2D eigenvalue weighted by Gasteiger charge is 2.16. The summed E-state index contributed by atoms with van der Waals surface area (Å²) in [6.45, 7) is 5.81. The number of rotatable bonds is 3. The van der Waals surface area contributed by atoms with E-state index in [1.807, 2.05) is 63.2 Å². The third kappa shape index (κ3) is 4.88. The lowest BCUT2D eigenvalue weighted by atomic mass is 10.1. The van der Waals surface area contributed by atoms with Crippen molar-refractivity contribution in [3.63, 3.8) is 0 Å². The lowest BCUT2D eigenvalue weighted by molar-refractivity contribution is 0.102. The van der Waals surface area contributed by atoms with Crippen molar-refractivity contribution < 1.29 is 4.79 Å². The van der Waals surface area contributed by atoms with E-state index in [4.69, 9.17) is 11.6 Å². The van der Waals surface area contributed by atoms with Crippen LogP contribution in [0.25, 0.3) is 10.4 Å². The first kappa shape index (κ1) is 21.8. The van der Waals surface area contributed by atoms with Crippen molar-refractivity contribution in [3.05, 3.63) is 98.8 Å². The van der Waals surface area contributed by atoms with Crippen LogP contribution in [0, 0.1) is 32.6 Å². The lowest BCUT2D eigenvalue weighted by Gasteiger charge is -2.10. The number of anilines is 1. The highest BCUT2D eigenvalue weighted by molar-refractivity contribution is 7.15. The third-order valence-corrected chi connectivity index (χ3v) is 6.26. The Morgan fingerprint density at radius 3 is 2.44 bits per heavy atom. The van der Waals surface area contributed by atoms with Crippen LogP contribution in [-0.4, -0.2) is 15.9 Å².